The molecule has 64 valence electrons. The predicted octanol–water partition coefficient (Wildman–Crippen LogP) is 3.54. The lowest BCUT2D eigenvalue weighted by atomic mass is 10.1. The molecule has 1 rings (SSSR count). The highest BCUT2D eigenvalue weighted by atomic mass is 19.3. The second kappa shape index (κ2) is 3.48. The third-order valence-electron chi connectivity index (χ3n) is 1.69. The van der Waals surface area contributed by atoms with Crippen molar-refractivity contribution in [3.05, 3.63) is 41.0 Å². The normalized spacial score (nSPS) is 9.67. The molecule has 0 nitrogen and oxygen atoms in total. The molecule has 2 heteroatoms. The second-order valence-electron chi connectivity index (χ2n) is 2.79. The fourth-order valence-corrected chi connectivity index (χ4v) is 1.11. The van der Waals surface area contributed by atoms with Crippen molar-refractivity contribution < 1.29 is 8.78 Å². The molecule has 0 fully saturated rings. The first-order valence-electron chi connectivity index (χ1n) is 3.69. The Hall–Kier alpha value is -1.18. The maximum atomic E-state index is 11.9. The Morgan fingerprint density at radius 1 is 1.25 bits per heavy atom. The van der Waals surface area contributed by atoms with Crippen molar-refractivity contribution in [3.8, 4) is 0 Å². The summed E-state index contributed by atoms with van der Waals surface area (Å²) >= 11 is 0. The largest absolute Gasteiger partial charge is 0.270 e. The molecule has 0 unspecified atom stereocenters. The minimum atomic E-state index is -1.65. The summed E-state index contributed by atoms with van der Waals surface area (Å²) in [6, 6.07) is 5.40. The van der Waals surface area contributed by atoms with E-state index in [1.54, 1.807) is 6.07 Å². The van der Waals surface area contributed by atoms with Gasteiger partial charge in [-0.25, -0.2) is 0 Å². The minimum absolute atomic E-state index is 0.584. The van der Waals surface area contributed by atoms with Crippen LogP contribution >= 0.6 is 0 Å². The third kappa shape index (κ3) is 2.16. The summed E-state index contributed by atoms with van der Waals surface area (Å²) in [5.74, 6) is 0. The molecular formula is C10H10F2. The van der Waals surface area contributed by atoms with Crippen LogP contribution in [0.3, 0.4) is 0 Å². The SMILES string of the molecule is Cc1ccc(C=C(F)F)c(C)c1. The van der Waals surface area contributed by atoms with Crippen LogP contribution in [0.4, 0.5) is 8.78 Å². The molecule has 0 heterocycles. The fraction of sp³-hybridized carbons (Fsp3) is 0.200. The summed E-state index contributed by atoms with van der Waals surface area (Å²) in [6.07, 6.45) is -0.767. The quantitative estimate of drug-likeness (QED) is 0.601. The summed E-state index contributed by atoms with van der Waals surface area (Å²) in [5, 5.41) is 0. The first-order chi connectivity index (χ1) is 5.59. The highest BCUT2D eigenvalue weighted by Crippen LogP contribution is 2.15. The second-order valence-corrected chi connectivity index (χ2v) is 2.79. The molecular weight excluding hydrogens is 158 g/mol. The van der Waals surface area contributed by atoms with Crippen molar-refractivity contribution in [3.63, 3.8) is 0 Å². The highest BCUT2D eigenvalue weighted by molar-refractivity contribution is 5.54. The summed E-state index contributed by atoms with van der Waals surface area (Å²) in [4.78, 5) is 0. The molecule has 12 heavy (non-hydrogen) atoms. The van der Waals surface area contributed by atoms with Crippen molar-refractivity contribution in [2.75, 3.05) is 0 Å². The van der Waals surface area contributed by atoms with E-state index >= 15 is 0 Å². The van der Waals surface area contributed by atoms with Crippen molar-refractivity contribution in [1.29, 1.82) is 0 Å². The Morgan fingerprint density at radius 3 is 2.42 bits per heavy atom. The van der Waals surface area contributed by atoms with Gasteiger partial charge in [0.15, 0.2) is 0 Å². The summed E-state index contributed by atoms with van der Waals surface area (Å²) in [5.41, 5.74) is 2.55. The predicted molar refractivity (Wildman–Crippen MR) is 46.1 cm³/mol. The molecule has 0 bridgehead atoms. The molecule has 0 N–H and O–H groups in total. The van der Waals surface area contributed by atoms with Gasteiger partial charge in [-0.2, -0.15) is 8.78 Å². The van der Waals surface area contributed by atoms with E-state index in [0.29, 0.717) is 5.56 Å². The van der Waals surface area contributed by atoms with Crippen LogP contribution in [0.2, 0.25) is 0 Å². The van der Waals surface area contributed by atoms with Crippen molar-refractivity contribution in [2.24, 2.45) is 0 Å². The van der Waals surface area contributed by atoms with Crippen LogP contribution < -0.4 is 0 Å². The number of hydrogen-bond acceptors (Lipinski definition) is 0. The molecule has 0 aliphatic carbocycles. The summed E-state index contributed by atoms with van der Waals surface area (Å²) < 4.78 is 23.7. The smallest absolute Gasteiger partial charge is 0.173 e. The highest BCUT2D eigenvalue weighted by Gasteiger charge is 1.96. The van der Waals surface area contributed by atoms with Crippen LogP contribution in [0.25, 0.3) is 6.08 Å². The Balaban J connectivity index is 3.10. The van der Waals surface area contributed by atoms with E-state index in [2.05, 4.69) is 0 Å². The van der Waals surface area contributed by atoms with E-state index in [1.165, 1.54) is 0 Å². The Kier molecular flexibility index (Phi) is 2.58. The molecule has 0 aliphatic rings. The van der Waals surface area contributed by atoms with Gasteiger partial charge in [-0.1, -0.05) is 23.8 Å². The topological polar surface area (TPSA) is 0 Å². The van der Waals surface area contributed by atoms with E-state index in [4.69, 9.17) is 0 Å². The minimum Gasteiger partial charge on any atom is -0.173 e. The number of halogens is 2. The van der Waals surface area contributed by atoms with Gasteiger partial charge in [0.2, 0.25) is 0 Å². The van der Waals surface area contributed by atoms with Gasteiger partial charge in [-0.15, -0.1) is 0 Å². The van der Waals surface area contributed by atoms with Crippen molar-refractivity contribution in [1.82, 2.24) is 0 Å². The molecule has 0 aromatic heterocycles. The lowest BCUT2D eigenvalue weighted by molar-refractivity contribution is 0.429. The Labute approximate surface area is 70.5 Å². The van der Waals surface area contributed by atoms with Gasteiger partial charge in [-0.3, -0.25) is 0 Å². The number of aryl methyl sites for hydroxylation is 2. The van der Waals surface area contributed by atoms with Gasteiger partial charge < -0.3 is 0 Å². The first kappa shape index (κ1) is 8.91. The first-order valence-corrected chi connectivity index (χ1v) is 3.69. The van der Waals surface area contributed by atoms with Crippen LogP contribution in [0.5, 0.6) is 0 Å². The van der Waals surface area contributed by atoms with Gasteiger partial charge in [0.05, 0.1) is 0 Å². The van der Waals surface area contributed by atoms with Crippen molar-refractivity contribution in [2.45, 2.75) is 13.8 Å². The van der Waals surface area contributed by atoms with Gasteiger partial charge in [-0.05, 0) is 25.0 Å². The van der Waals surface area contributed by atoms with E-state index in [9.17, 15) is 8.78 Å². The van der Waals surface area contributed by atoms with E-state index in [-0.39, 0.29) is 0 Å². The van der Waals surface area contributed by atoms with Gasteiger partial charge in [0.25, 0.3) is 6.08 Å². The Morgan fingerprint density at radius 2 is 1.92 bits per heavy atom. The number of rotatable bonds is 1. The zero-order valence-electron chi connectivity index (χ0n) is 7.07. The monoisotopic (exact) mass is 168 g/mol. The standard InChI is InChI=1S/C10H10F2/c1-7-3-4-9(6-10(11)12)8(2)5-7/h3-6H,1-2H3. The van der Waals surface area contributed by atoms with Gasteiger partial charge >= 0.3 is 0 Å². The third-order valence-corrected chi connectivity index (χ3v) is 1.69. The maximum absolute atomic E-state index is 11.9. The molecule has 0 atom stereocenters. The molecule has 0 amide bonds. The van der Waals surface area contributed by atoms with Crippen LogP contribution in [0, 0.1) is 13.8 Å². The number of hydrogen-bond donors (Lipinski definition) is 0. The number of benzene rings is 1. The average Bonchev–Trinajstić information content (AvgIpc) is 1.94. The van der Waals surface area contributed by atoms with Crippen molar-refractivity contribution >= 4 is 6.08 Å². The zero-order chi connectivity index (χ0) is 9.14. The molecule has 0 saturated heterocycles. The molecule has 1 aromatic rings. The molecule has 0 saturated carbocycles. The van der Waals surface area contributed by atoms with Crippen LogP contribution in [-0.2, 0) is 0 Å². The average molecular weight is 168 g/mol. The van der Waals surface area contributed by atoms with Gasteiger partial charge in [0, 0.05) is 6.08 Å². The molecule has 0 aliphatic heterocycles. The van der Waals surface area contributed by atoms with Gasteiger partial charge in [0.1, 0.15) is 0 Å². The molecule has 0 radical (unpaired) electrons. The Bertz CT molecular complexity index is 310. The van der Waals surface area contributed by atoms with E-state index in [0.717, 1.165) is 17.2 Å². The zero-order valence-corrected chi connectivity index (χ0v) is 7.07. The van der Waals surface area contributed by atoms with E-state index in [1.807, 2.05) is 26.0 Å². The summed E-state index contributed by atoms with van der Waals surface area (Å²) in [6.45, 7) is 3.76. The van der Waals surface area contributed by atoms with Crippen LogP contribution in [0.15, 0.2) is 24.3 Å². The molecule has 1 aromatic carbocycles. The maximum Gasteiger partial charge on any atom is 0.270 e. The molecule has 0 spiro atoms. The lowest BCUT2D eigenvalue weighted by Crippen LogP contribution is -1.81. The fourth-order valence-electron chi connectivity index (χ4n) is 1.11. The van der Waals surface area contributed by atoms with E-state index < -0.39 is 6.08 Å². The van der Waals surface area contributed by atoms with Crippen LogP contribution in [0.1, 0.15) is 16.7 Å². The van der Waals surface area contributed by atoms with Crippen LogP contribution in [-0.4, -0.2) is 0 Å². The lowest BCUT2D eigenvalue weighted by Gasteiger charge is -2.00. The summed E-state index contributed by atoms with van der Waals surface area (Å²) in [7, 11) is 0.